The van der Waals surface area contributed by atoms with Gasteiger partial charge in [0.05, 0.1) is 35.6 Å². The number of ether oxygens (including phenoxy) is 2. The lowest BCUT2D eigenvalue weighted by molar-refractivity contribution is -0.171. The number of hydrogen-bond acceptors (Lipinski definition) is 7. The minimum Gasteiger partial charge on any atom is -0.458 e. The first-order chi connectivity index (χ1) is 14.6. The van der Waals surface area contributed by atoms with E-state index in [9.17, 15) is 14.4 Å². The summed E-state index contributed by atoms with van der Waals surface area (Å²) in [5.41, 5.74) is 3.51. The third-order valence-electron chi connectivity index (χ3n) is 5.43. The van der Waals surface area contributed by atoms with Gasteiger partial charge in [-0.2, -0.15) is 0 Å². The van der Waals surface area contributed by atoms with Crippen LogP contribution in [0.2, 0.25) is 0 Å². The Kier molecular flexibility index (Phi) is 4.36. The van der Waals surface area contributed by atoms with E-state index in [0.717, 1.165) is 16.5 Å². The molecule has 0 bridgehead atoms. The quantitative estimate of drug-likeness (QED) is 0.516. The minimum absolute atomic E-state index is 0.0318. The van der Waals surface area contributed by atoms with Gasteiger partial charge in [-0.05, 0) is 24.7 Å². The summed E-state index contributed by atoms with van der Waals surface area (Å²) >= 11 is 0. The number of fused-ring (bicyclic) bond motifs is 5. The Balaban J connectivity index is 1.62. The smallest absolute Gasteiger partial charge is 0.352 e. The number of para-hydroxylation sites is 1. The average Bonchev–Trinajstić information content (AvgIpc) is 3.10. The average molecular weight is 405 g/mol. The molecule has 4 heterocycles. The first-order valence-corrected chi connectivity index (χ1v) is 9.79. The second-order valence-corrected chi connectivity index (χ2v) is 7.30. The van der Waals surface area contributed by atoms with Crippen molar-refractivity contribution in [2.75, 3.05) is 13.1 Å². The molecule has 0 radical (unpaired) electrons. The number of carbonyl (C=O) groups is 2. The van der Waals surface area contributed by atoms with Gasteiger partial charge in [-0.3, -0.25) is 9.59 Å². The highest BCUT2D eigenvalue weighted by molar-refractivity contribution is 5.86. The van der Waals surface area contributed by atoms with Crippen LogP contribution < -0.4 is 10.9 Å². The fourth-order valence-electron chi connectivity index (χ4n) is 3.97. The third kappa shape index (κ3) is 2.88. The van der Waals surface area contributed by atoms with Crippen molar-refractivity contribution in [2.45, 2.75) is 26.2 Å². The van der Waals surface area contributed by atoms with E-state index in [2.05, 4.69) is 5.32 Å². The molecule has 2 aromatic heterocycles. The van der Waals surface area contributed by atoms with Crippen LogP contribution in [0.5, 0.6) is 0 Å². The predicted octanol–water partition coefficient (Wildman–Crippen LogP) is 1.68. The van der Waals surface area contributed by atoms with E-state index in [-0.39, 0.29) is 18.7 Å². The second-order valence-electron chi connectivity index (χ2n) is 7.30. The molecule has 5 rings (SSSR count). The van der Waals surface area contributed by atoms with E-state index in [1.807, 2.05) is 37.3 Å². The number of hydrogen-bond donors (Lipinski definition) is 1. The first-order valence-electron chi connectivity index (χ1n) is 9.79. The Bertz CT molecular complexity index is 1260. The number of benzene rings is 1. The lowest BCUT2D eigenvalue weighted by atomic mass is 10.00. The Labute approximate surface area is 171 Å². The highest BCUT2D eigenvalue weighted by Crippen LogP contribution is 2.36. The molecule has 1 atom stereocenters. The zero-order valence-electron chi connectivity index (χ0n) is 16.3. The van der Waals surface area contributed by atoms with Crippen molar-refractivity contribution < 1.29 is 19.1 Å². The van der Waals surface area contributed by atoms with Gasteiger partial charge < -0.3 is 19.4 Å². The predicted molar refractivity (Wildman–Crippen MR) is 108 cm³/mol. The maximum atomic E-state index is 13.2. The molecule has 0 spiro atoms. The molecule has 8 nitrogen and oxygen atoms in total. The van der Waals surface area contributed by atoms with Crippen LogP contribution in [0.1, 0.15) is 29.7 Å². The molecule has 0 amide bonds. The Hall–Kier alpha value is -3.52. The lowest BCUT2D eigenvalue weighted by Gasteiger charge is -2.25. The summed E-state index contributed by atoms with van der Waals surface area (Å²) in [5, 5.41) is 3.85. The van der Waals surface area contributed by atoms with Crippen molar-refractivity contribution in [3.8, 4) is 11.4 Å². The first kappa shape index (κ1) is 18.5. The standard InChI is InChI=1S/C22H19N3O5/c1-2-23-9-18(26)30-20-14-8-17-19-13(7-12-5-3-4-6-16(12)24-19)10-25(17)21(27)15(14)11-29-22(20)28/h3-8,20,23H,2,9-11H2,1H3/t20-/m0/s1. The van der Waals surface area contributed by atoms with Crippen molar-refractivity contribution in [3.63, 3.8) is 0 Å². The number of esters is 2. The molecular formula is C22H19N3O5. The minimum atomic E-state index is -1.26. The topological polar surface area (TPSA) is 99.5 Å². The molecule has 0 unspecified atom stereocenters. The number of nitrogens with one attached hydrogen (secondary N) is 1. The van der Waals surface area contributed by atoms with Crippen LogP contribution in [0.3, 0.4) is 0 Å². The van der Waals surface area contributed by atoms with Gasteiger partial charge in [0.1, 0.15) is 6.61 Å². The summed E-state index contributed by atoms with van der Waals surface area (Å²) in [4.78, 5) is 42.4. The highest BCUT2D eigenvalue weighted by atomic mass is 16.6. The molecule has 3 aromatic rings. The zero-order chi connectivity index (χ0) is 20.8. The van der Waals surface area contributed by atoms with Crippen molar-refractivity contribution in [1.29, 1.82) is 0 Å². The summed E-state index contributed by atoms with van der Waals surface area (Å²) in [6, 6.07) is 11.5. The van der Waals surface area contributed by atoms with E-state index in [1.54, 1.807) is 10.6 Å². The molecule has 0 fully saturated rings. The van der Waals surface area contributed by atoms with Crippen molar-refractivity contribution >= 4 is 22.8 Å². The maximum absolute atomic E-state index is 13.2. The largest absolute Gasteiger partial charge is 0.458 e. The SMILES string of the molecule is CCNCC(=O)O[C@@H]1C(=O)OCc2c1cc1n(c2=O)Cc2cc3ccccc3nc2-1. The number of cyclic esters (lactones) is 1. The molecule has 1 N–H and O–H groups in total. The molecule has 0 saturated heterocycles. The Morgan fingerprint density at radius 1 is 1.30 bits per heavy atom. The van der Waals surface area contributed by atoms with Crippen molar-refractivity contribution in [1.82, 2.24) is 14.9 Å². The van der Waals surface area contributed by atoms with Gasteiger partial charge in [0, 0.05) is 16.5 Å². The van der Waals surface area contributed by atoms with Crippen LogP contribution >= 0.6 is 0 Å². The van der Waals surface area contributed by atoms with Crippen LogP contribution in [-0.4, -0.2) is 34.6 Å². The number of nitrogens with zero attached hydrogens (tertiary/aromatic N) is 2. The van der Waals surface area contributed by atoms with Crippen LogP contribution in [0, 0.1) is 0 Å². The number of carbonyl (C=O) groups excluding carboxylic acids is 2. The fraction of sp³-hybridized carbons (Fsp3) is 0.273. The zero-order valence-corrected chi connectivity index (χ0v) is 16.3. The van der Waals surface area contributed by atoms with Gasteiger partial charge in [-0.1, -0.05) is 25.1 Å². The number of pyridine rings is 2. The van der Waals surface area contributed by atoms with E-state index in [1.165, 1.54) is 0 Å². The summed E-state index contributed by atoms with van der Waals surface area (Å²) in [6.07, 6.45) is -1.26. The van der Waals surface area contributed by atoms with Gasteiger partial charge in [0.15, 0.2) is 0 Å². The molecule has 152 valence electrons. The van der Waals surface area contributed by atoms with Crippen LogP contribution in [0.4, 0.5) is 0 Å². The van der Waals surface area contributed by atoms with Crippen molar-refractivity contribution in [2.24, 2.45) is 0 Å². The van der Waals surface area contributed by atoms with Crippen LogP contribution in [-0.2, 0) is 32.2 Å². The molecular weight excluding hydrogens is 386 g/mol. The maximum Gasteiger partial charge on any atom is 0.352 e. The molecule has 0 aliphatic carbocycles. The normalized spacial score (nSPS) is 16.6. The van der Waals surface area contributed by atoms with Gasteiger partial charge in [-0.25, -0.2) is 9.78 Å². The van der Waals surface area contributed by atoms with E-state index < -0.39 is 18.0 Å². The number of likely N-dealkylation sites (N-methyl/N-ethyl adjacent to an activating group) is 1. The lowest BCUT2D eigenvalue weighted by Crippen LogP contribution is -2.35. The fourth-order valence-corrected chi connectivity index (χ4v) is 3.97. The molecule has 1 aromatic carbocycles. The number of rotatable bonds is 4. The summed E-state index contributed by atoms with van der Waals surface area (Å²) in [7, 11) is 0. The van der Waals surface area contributed by atoms with Gasteiger partial charge in [0.2, 0.25) is 6.10 Å². The van der Waals surface area contributed by atoms with Crippen LogP contribution in [0.25, 0.3) is 22.3 Å². The number of aromatic nitrogens is 2. The van der Waals surface area contributed by atoms with E-state index in [4.69, 9.17) is 14.5 Å². The van der Waals surface area contributed by atoms with Crippen molar-refractivity contribution in [3.05, 3.63) is 63.4 Å². The summed E-state index contributed by atoms with van der Waals surface area (Å²) in [6.45, 7) is 2.67. The van der Waals surface area contributed by atoms with Gasteiger partial charge in [0.25, 0.3) is 5.56 Å². The molecule has 2 aliphatic rings. The molecule has 8 heteroatoms. The summed E-state index contributed by atoms with van der Waals surface area (Å²) < 4.78 is 12.1. The monoisotopic (exact) mass is 405 g/mol. The second kappa shape index (κ2) is 7.07. The van der Waals surface area contributed by atoms with Gasteiger partial charge >= 0.3 is 11.9 Å². The van der Waals surface area contributed by atoms with Crippen LogP contribution in [0.15, 0.2) is 41.2 Å². The third-order valence-corrected chi connectivity index (χ3v) is 5.43. The highest BCUT2D eigenvalue weighted by Gasteiger charge is 2.37. The molecule has 0 saturated carbocycles. The molecule has 30 heavy (non-hydrogen) atoms. The van der Waals surface area contributed by atoms with Gasteiger partial charge in [-0.15, -0.1) is 0 Å². The Morgan fingerprint density at radius 3 is 2.97 bits per heavy atom. The van der Waals surface area contributed by atoms with E-state index >= 15 is 0 Å². The van der Waals surface area contributed by atoms with E-state index in [0.29, 0.717) is 35.6 Å². The Morgan fingerprint density at radius 2 is 2.13 bits per heavy atom. The summed E-state index contributed by atoms with van der Waals surface area (Å²) in [5.74, 6) is -1.27. The molecule has 2 aliphatic heterocycles.